The van der Waals surface area contributed by atoms with E-state index < -0.39 is 0 Å². The van der Waals surface area contributed by atoms with Crippen LogP contribution in [0.3, 0.4) is 0 Å². The molecule has 4 rings (SSSR count). The summed E-state index contributed by atoms with van der Waals surface area (Å²) in [5.41, 5.74) is 1.43. The Morgan fingerprint density at radius 2 is 1.80 bits per heavy atom. The van der Waals surface area contributed by atoms with Crippen LogP contribution in [0.1, 0.15) is 67.9 Å². The minimum Gasteiger partial charge on any atom is -0.348 e. The van der Waals surface area contributed by atoms with Crippen molar-refractivity contribution < 1.29 is 0 Å². The molecule has 110 valence electrons. The van der Waals surface area contributed by atoms with Crippen LogP contribution in [-0.2, 0) is 6.54 Å². The van der Waals surface area contributed by atoms with E-state index in [2.05, 4.69) is 10.2 Å². The number of anilines is 1. The summed E-state index contributed by atoms with van der Waals surface area (Å²) in [5, 5.41) is 5.08. The average Bonchev–Trinajstić information content (AvgIpc) is 2.94. The van der Waals surface area contributed by atoms with E-state index in [1.165, 1.54) is 80.2 Å². The van der Waals surface area contributed by atoms with Crippen molar-refractivity contribution in [2.24, 2.45) is 0 Å². The van der Waals surface area contributed by atoms with Crippen LogP contribution < -0.4 is 10.2 Å². The number of nitrogens with zero attached hydrogens (tertiary/aromatic N) is 2. The lowest BCUT2D eigenvalue weighted by atomic mass is 10.2. The highest BCUT2D eigenvalue weighted by Crippen LogP contribution is 2.44. The second-order valence-electron chi connectivity index (χ2n) is 6.64. The molecule has 0 bridgehead atoms. The quantitative estimate of drug-likeness (QED) is 0.897. The number of hydrogen-bond acceptors (Lipinski definition) is 4. The van der Waals surface area contributed by atoms with Crippen molar-refractivity contribution in [3.05, 3.63) is 10.6 Å². The molecule has 1 aromatic rings. The fourth-order valence-electron chi connectivity index (χ4n) is 3.56. The second kappa shape index (κ2) is 5.64. The van der Waals surface area contributed by atoms with Gasteiger partial charge in [-0.2, -0.15) is 0 Å². The van der Waals surface area contributed by atoms with Crippen molar-refractivity contribution in [3.63, 3.8) is 0 Å². The number of hydrogen-bond donors (Lipinski definition) is 1. The summed E-state index contributed by atoms with van der Waals surface area (Å²) < 4.78 is 0. The van der Waals surface area contributed by atoms with Crippen molar-refractivity contribution in [3.8, 4) is 0 Å². The first kappa shape index (κ1) is 13.1. The lowest BCUT2D eigenvalue weighted by molar-refractivity contribution is 0.525. The van der Waals surface area contributed by atoms with Crippen LogP contribution in [0.25, 0.3) is 0 Å². The minimum absolute atomic E-state index is 0.763. The number of rotatable bonds is 5. The topological polar surface area (TPSA) is 28.2 Å². The molecule has 0 unspecified atom stereocenters. The van der Waals surface area contributed by atoms with Gasteiger partial charge in [0, 0.05) is 36.5 Å². The van der Waals surface area contributed by atoms with Gasteiger partial charge in [-0.1, -0.05) is 12.8 Å². The third kappa shape index (κ3) is 2.73. The Balaban J connectivity index is 1.47. The fourth-order valence-corrected chi connectivity index (χ4v) is 4.71. The van der Waals surface area contributed by atoms with Gasteiger partial charge >= 0.3 is 0 Å². The van der Waals surface area contributed by atoms with E-state index in [4.69, 9.17) is 4.98 Å². The van der Waals surface area contributed by atoms with Crippen LogP contribution in [0.5, 0.6) is 0 Å². The summed E-state index contributed by atoms with van der Waals surface area (Å²) in [5.74, 6) is 0.781. The van der Waals surface area contributed by atoms with Crippen molar-refractivity contribution in [1.82, 2.24) is 10.3 Å². The van der Waals surface area contributed by atoms with Crippen LogP contribution >= 0.6 is 11.3 Å². The monoisotopic (exact) mass is 291 g/mol. The maximum atomic E-state index is 5.00. The Hall–Kier alpha value is -0.610. The van der Waals surface area contributed by atoms with Crippen molar-refractivity contribution in [2.45, 2.75) is 69.9 Å². The molecular weight excluding hydrogens is 266 g/mol. The average molecular weight is 291 g/mol. The molecule has 0 radical (unpaired) electrons. The molecule has 1 N–H and O–H groups in total. The smallest absolute Gasteiger partial charge is 0.185 e. The Morgan fingerprint density at radius 3 is 2.50 bits per heavy atom. The van der Waals surface area contributed by atoms with Gasteiger partial charge in [0.25, 0.3) is 0 Å². The molecule has 3 aliphatic rings. The lowest BCUT2D eigenvalue weighted by Gasteiger charge is -2.12. The Bertz CT molecular complexity index is 454. The van der Waals surface area contributed by atoms with Crippen LogP contribution in [0.2, 0.25) is 0 Å². The van der Waals surface area contributed by atoms with Gasteiger partial charge in [0.1, 0.15) is 0 Å². The Labute approximate surface area is 125 Å². The zero-order valence-corrected chi connectivity index (χ0v) is 13.1. The summed E-state index contributed by atoms with van der Waals surface area (Å²) in [6.45, 7) is 3.49. The molecule has 20 heavy (non-hydrogen) atoms. The summed E-state index contributed by atoms with van der Waals surface area (Å²) >= 11 is 1.96. The molecule has 2 aliphatic carbocycles. The van der Waals surface area contributed by atoms with E-state index in [0.717, 1.165) is 18.5 Å². The van der Waals surface area contributed by atoms with E-state index >= 15 is 0 Å². The molecule has 2 saturated carbocycles. The number of nitrogens with one attached hydrogen (secondary N) is 1. The number of thiazole rings is 1. The highest BCUT2D eigenvalue weighted by atomic mass is 32.1. The third-order valence-corrected chi connectivity index (χ3v) is 6.10. The first-order valence-corrected chi connectivity index (χ1v) is 9.20. The maximum Gasteiger partial charge on any atom is 0.185 e. The van der Waals surface area contributed by atoms with Gasteiger partial charge < -0.3 is 10.2 Å². The first-order valence-electron chi connectivity index (χ1n) is 8.38. The van der Waals surface area contributed by atoms with E-state index in [9.17, 15) is 0 Å². The molecule has 0 spiro atoms. The Morgan fingerprint density at radius 1 is 1.05 bits per heavy atom. The van der Waals surface area contributed by atoms with Crippen LogP contribution in [0, 0.1) is 0 Å². The standard InChI is InChI=1S/C16H25N3S/c1-2-6-13(5-1)17-11-14-15(12-7-8-12)18-16(20-14)19-9-3-4-10-19/h12-13,17H,1-11H2. The summed E-state index contributed by atoms with van der Waals surface area (Å²) in [6, 6.07) is 0.763. The highest BCUT2D eigenvalue weighted by Gasteiger charge is 2.31. The predicted molar refractivity (Wildman–Crippen MR) is 84.6 cm³/mol. The van der Waals surface area contributed by atoms with Gasteiger partial charge in [0.05, 0.1) is 5.69 Å². The maximum absolute atomic E-state index is 5.00. The van der Waals surface area contributed by atoms with Crippen molar-refractivity contribution >= 4 is 16.5 Å². The largest absolute Gasteiger partial charge is 0.348 e. The van der Waals surface area contributed by atoms with Crippen molar-refractivity contribution in [2.75, 3.05) is 18.0 Å². The first-order chi connectivity index (χ1) is 9.90. The van der Waals surface area contributed by atoms with Gasteiger partial charge in [-0.15, -0.1) is 11.3 Å². The van der Waals surface area contributed by atoms with Crippen LogP contribution in [0.15, 0.2) is 0 Å². The van der Waals surface area contributed by atoms with Gasteiger partial charge in [-0.25, -0.2) is 4.98 Å². The molecule has 1 saturated heterocycles. The van der Waals surface area contributed by atoms with Crippen molar-refractivity contribution in [1.29, 1.82) is 0 Å². The Kier molecular flexibility index (Phi) is 3.69. The van der Waals surface area contributed by atoms with E-state index in [0.29, 0.717) is 0 Å². The molecule has 1 aromatic heterocycles. The molecular formula is C16H25N3S. The minimum atomic E-state index is 0.763. The van der Waals surface area contributed by atoms with Crippen LogP contribution in [-0.4, -0.2) is 24.1 Å². The van der Waals surface area contributed by atoms with Gasteiger partial charge in [0.2, 0.25) is 0 Å². The fraction of sp³-hybridized carbons (Fsp3) is 0.812. The lowest BCUT2D eigenvalue weighted by Crippen LogP contribution is -2.25. The molecule has 4 heteroatoms. The molecule has 3 fully saturated rings. The molecule has 0 amide bonds. The second-order valence-corrected chi connectivity index (χ2v) is 7.70. The molecule has 0 aromatic carbocycles. The highest BCUT2D eigenvalue weighted by molar-refractivity contribution is 7.15. The molecule has 2 heterocycles. The molecule has 0 atom stereocenters. The van der Waals surface area contributed by atoms with E-state index in [-0.39, 0.29) is 0 Å². The zero-order chi connectivity index (χ0) is 13.4. The van der Waals surface area contributed by atoms with Gasteiger partial charge in [-0.3, -0.25) is 0 Å². The molecule has 3 nitrogen and oxygen atoms in total. The zero-order valence-electron chi connectivity index (χ0n) is 12.2. The summed E-state index contributed by atoms with van der Waals surface area (Å²) in [4.78, 5) is 9.03. The third-order valence-electron chi connectivity index (χ3n) is 4.96. The summed E-state index contributed by atoms with van der Waals surface area (Å²) in [7, 11) is 0. The van der Waals surface area contributed by atoms with Gasteiger partial charge in [-0.05, 0) is 38.5 Å². The van der Waals surface area contributed by atoms with E-state index in [1.54, 1.807) is 0 Å². The normalized spacial score (nSPS) is 23.9. The SMILES string of the molecule is C1CCC(NCc2sc(N3CCCC3)nc2C2CC2)C1. The number of aromatic nitrogens is 1. The van der Waals surface area contributed by atoms with Crippen LogP contribution in [0.4, 0.5) is 5.13 Å². The molecule has 1 aliphatic heterocycles. The summed E-state index contributed by atoms with van der Waals surface area (Å²) in [6.07, 6.45) is 11.0. The predicted octanol–water partition coefficient (Wildman–Crippen LogP) is 3.65. The van der Waals surface area contributed by atoms with E-state index in [1.807, 2.05) is 11.3 Å². The van der Waals surface area contributed by atoms with Gasteiger partial charge in [0.15, 0.2) is 5.13 Å².